The van der Waals surface area contributed by atoms with E-state index in [9.17, 15) is 9.90 Å². The molecule has 5 nitrogen and oxygen atoms in total. The number of carbonyl (C=O) groups is 1. The number of carboxylic acids is 1. The van der Waals surface area contributed by atoms with E-state index in [2.05, 4.69) is 45.9 Å². The van der Waals surface area contributed by atoms with Crippen molar-refractivity contribution in [3.8, 4) is 0 Å². The summed E-state index contributed by atoms with van der Waals surface area (Å²) < 4.78 is 0. The average molecular weight is 317 g/mol. The molecule has 0 bridgehead atoms. The SMILES string of the molecule is Cc1ccc(CN2CCN3C[C@@H](C(=O)O)CN(C)C[C@H]3C2)cc1. The van der Waals surface area contributed by atoms with E-state index < -0.39 is 5.97 Å². The first-order valence-electron chi connectivity index (χ1n) is 8.44. The fourth-order valence-electron chi connectivity index (χ4n) is 3.77. The van der Waals surface area contributed by atoms with Gasteiger partial charge >= 0.3 is 5.97 Å². The number of rotatable bonds is 3. The Morgan fingerprint density at radius 3 is 2.57 bits per heavy atom. The number of aliphatic carboxylic acids is 1. The summed E-state index contributed by atoms with van der Waals surface area (Å²) in [5, 5.41) is 9.38. The summed E-state index contributed by atoms with van der Waals surface area (Å²) in [6, 6.07) is 9.19. The molecule has 2 heterocycles. The number of hydrogen-bond acceptors (Lipinski definition) is 4. The Labute approximate surface area is 138 Å². The van der Waals surface area contributed by atoms with Crippen molar-refractivity contribution in [2.45, 2.75) is 19.5 Å². The number of hydrogen-bond donors (Lipinski definition) is 1. The Morgan fingerprint density at radius 2 is 1.87 bits per heavy atom. The molecule has 0 unspecified atom stereocenters. The Bertz CT molecular complexity index is 546. The molecule has 1 N–H and O–H groups in total. The number of nitrogens with zero attached hydrogens (tertiary/aromatic N) is 3. The number of aryl methyl sites for hydroxylation is 1. The monoisotopic (exact) mass is 317 g/mol. The molecule has 1 aromatic rings. The van der Waals surface area contributed by atoms with Gasteiger partial charge in [-0.1, -0.05) is 29.8 Å². The molecule has 3 rings (SSSR count). The van der Waals surface area contributed by atoms with Gasteiger partial charge in [0.25, 0.3) is 0 Å². The highest BCUT2D eigenvalue weighted by Crippen LogP contribution is 2.19. The number of likely N-dealkylation sites (N-methyl/N-ethyl adjacent to an activating group) is 1. The van der Waals surface area contributed by atoms with E-state index >= 15 is 0 Å². The van der Waals surface area contributed by atoms with Crippen LogP contribution in [0.15, 0.2) is 24.3 Å². The van der Waals surface area contributed by atoms with Crippen molar-refractivity contribution in [1.82, 2.24) is 14.7 Å². The highest BCUT2D eigenvalue weighted by atomic mass is 16.4. The predicted molar refractivity (Wildman–Crippen MR) is 90.4 cm³/mol. The lowest BCUT2D eigenvalue weighted by atomic mass is 10.1. The van der Waals surface area contributed by atoms with Gasteiger partial charge in [-0.15, -0.1) is 0 Å². The number of fused-ring (bicyclic) bond motifs is 1. The van der Waals surface area contributed by atoms with E-state index in [0.717, 1.165) is 32.7 Å². The van der Waals surface area contributed by atoms with E-state index in [1.807, 2.05) is 7.05 Å². The molecule has 0 radical (unpaired) electrons. The lowest BCUT2D eigenvalue weighted by molar-refractivity contribution is -0.142. The van der Waals surface area contributed by atoms with Gasteiger partial charge < -0.3 is 10.0 Å². The molecule has 2 atom stereocenters. The van der Waals surface area contributed by atoms with Crippen LogP contribution in [0, 0.1) is 12.8 Å². The van der Waals surface area contributed by atoms with Gasteiger partial charge in [0.05, 0.1) is 5.92 Å². The first-order valence-corrected chi connectivity index (χ1v) is 8.44. The number of benzene rings is 1. The molecule has 0 saturated carbocycles. The standard InChI is InChI=1S/C18H27N3O2/c1-14-3-5-15(6-4-14)9-20-7-8-21-11-16(18(22)23)10-19(2)12-17(21)13-20/h3-6,16-17H,7-13H2,1-2H3,(H,22,23)/t16-,17-/m0/s1. The van der Waals surface area contributed by atoms with Crippen LogP contribution >= 0.6 is 0 Å². The van der Waals surface area contributed by atoms with Crippen LogP contribution < -0.4 is 0 Å². The minimum Gasteiger partial charge on any atom is -0.481 e. The first kappa shape index (κ1) is 16.4. The molecule has 23 heavy (non-hydrogen) atoms. The van der Waals surface area contributed by atoms with Crippen LogP contribution in [0.5, 0.6) is 0 Å². The van der Waals surface area contributed by atoms with Gasteiger partial charge in [0.15, 0.2) is 0 Å². The molecule has 0 spiro atoms. The van der Waals surface area contributed by atoms with Crippen molar-refractivity contribution in [3.63, 3.8) is 0 Å². The molecule has 0 amide bonds. The highest BCUT2D eigenvalue weighted by molar-refractivity contribution is 5.70. The Morgan fingerprint density at radius 1 is 1.13 bits per heavy atom. The maximum atomic E-state index is 11.4. The molecule has 0 aliphatic carbocycles. The topological polar surface area (TPSA) is 47.0 Å². The van der Waals surface area contributed by atoms with Crippen LogP contribution in [0.1, 0.15) is 11.1 Å². The third kappa shape index (κ3) is 4.10. The van der Waals surface area contributed by atoms with Crippen LogP contribution in [0.4, 0.5) is 0 Å². The molecule has 0 aromatic heterocycles. The van der Waals surface area contributed by atoms with Gasteiger partial charge in [-0.3, -0.25) is 14.6 Å². The second-order valence-electron chi connectivity index (χ2n) is 7.13. The Kier molecular flexibility index (Phi) is 4.99. The van der Waals surface area contributed by atoms with Crippen LogP contribution in [0.25, 0.3) is 0 Å². The van der Waals surface area contributed by atoms with E-state index in [1.165, 1.54) is 11.1 Å². The minimum atomic E-state index is -0.667. The van der Waals surface area contributed by atoms with E-state index in [0.29, 0.717) is 19.1 Å². The van der Waals surface area contributed by atoms with Crippen LogP contribution in [-0.2, 0) is 11.3 Å². The fourth-order valence-corrected chi connectivity index (χ4v) is 3.77. The van der Waals surface area contributed by atoms with Gasteiger partial charge in [-0.2, -0.15) is 0 Å². The summed E-state index contributed by atoms with van der Waals surface area (Å²) >= 11 is 0. The smallest absolute Gasteiger partial charge is 0.309 e. The maximum absolute atomic E-state index is 11.4. The third-order valence-corrected chi connectivity index (χ3v) is 5.07. The average Bonchev–Trinajstić information content (AvgIpc) is 2.67. The van der Waals surface area contributed by atoms with E-state index in [4.69, 9.17) is 0 Å². The van der Waals surface area contributed by atoms with E-state index in [-0.39, 0.29) is 5.92 Å². The predicted octanol–water partition coefficient (Wildman–Crippen LogP) is 1.13. The van der Waals surface area contributed by atoms with Gasteiger partial charge in [0.2, 0.25) is 0 Å². The van der Waals surface area contributed by atoms with Crippen molar-refractivity contribution < 1.29 is 9.90 Å². The van der Waals surface area contributed by atoms with Gasteiger partial charge in [0.1, 0.15) is 0 Å². The van der Waals surface area contributed by atoms with E-state index in [1.54, 1.807) is 0 Å². The molecule has 2 aliphatic heterocycles. The number of carboxylic acid groups (broad SMARTS) is 1. The zero-order chi connectivity index (χ0) is 16.4. The minimum absolute atomic E-state index is 0.270. The number of piperazine rings is 1. The third-order valence-electron chi connectivity index (χ3n) is 5.07. The summed E-state index contributed by atoms with van der Waals surface area (Å²) in [6.45, 7) is 8.38. The van der Waals surface area contributed by atoms with Gasteiger partial charge in [0, 0.05) is 51.9 Å². The van der Waals surface area contributed by atoms with Gasteiger partial charge in [-0.05, 0) is 19.5 Å². The molecule has 2 aliphatic rings. The summed E-state index contributed by atoms with van der Waals surface area (Å²) in [5.41, 5.74) is 2.65. The lowest BCUT2D eigenvalue weighted by Gasteiger charge is -2.41. The van der Waals surface area contributed by atoms with Crippen molar-refractivity contribution in [2.75, 3.05) is 46.3 Å². The molecular formula is C18H27N3O2. The maximum Gasteiger partial charge on any atom is 0.309 e. The van der Waals surface area contributed by atoms with Crippen molar-refractivity contribution in [1.29, 1.82) is 0 Å². The van der Waals surface area contributed by atoms with Crippen molar-refractivity contribution in [3.05, 3.63) is 35.4 Å². The van der Waals surface area contributed by atoms with Gasteiger partial charge in [-0.25, -0.2) is 0 Å². The normalized spacial score (nSPS) is 27.4. The quantitative estimate of drug-likeness (QED) is 0.905. The summed E-state index contributed by atoms with van der Waals surface area (Å²) in [6.07, 6.45) is 0. The van der Waals surface area contributed by atoms with Crippen LogP contribution in [0.3, 0.4) is 0 Å². The molecule has 2 fully saturated rings. The summed E-state index contributed by atoms with van der Waals surface area (Å²) in [4.78, 5) is 18.5. The summed E-state index contributed by atoms with van der Waals surface area (Å²) in [7, 11) is 2.04. The molecule has 126 valence electrons. The zero-order valence-corrected chi connectivity index (χ0v) is 14.1. The largest absolute Gasteiger partial charge is 0.481 e. The second-order valence-corrected chi connectivity index (χ2v) is 7.13. The lowest BCUT2D eigenvalue weighted by Crippen LogP contribution is -2.55. The van der Waals surface area contributed by atoms with Crippen LogP contribution in [0.2, 0.25) is 0 Å². The molecule has 2 saturated heterocycles. The second kappa shape index (κ2) is 6.99. The van der Waals surface area contributed by atoms with Crippen molar-refractivity contribution in [2.24, 2.45) is 5.92 Å². The van der Waals surface area contributed by atoms with Crippen LogP contribution in [-0.4, -0.2) is 78.1 Å². The first-order chi connectivity index (χ1) is 11.0. The fraction of sp³-hybridized carbons (Fsp3) is 0.611. The summed E-state index contributed by atoms with van der Waals surface area (Å²) in [5.74, 6) is -0.937. The Balaban J connectivity index is 1.63. The zero-order valence-electron chi connectivity index (χ0n) is 14.1. The molecule has 1 aromatic carbocycles. The molecular weight excluding hydrogens is 290 g/mol. The molecule has 5 heteroatoms. The van der Waals surface area contributed by atoms with Crippen molar-refractivity contribution >= 4 is 5.97 Å². The Hall–Kier alpha value is -1.43. The highest BCUT2D eigenvalue weighted by Gasteiger charge is 2.35.